The number of carbonyl (C=O) groups excluding carboxylic acids is 1. The van der Waals surface area contributed by atoms with Gasteiger partial charge in [-0.25, -0.2) is 13.4 Å². The standard InChI is InChI=1S/C15H23N3O4S2/c1-2-14-16-10-13(23-14)15(19)17-5-3-4-12(11-17)24(20,21)18-6-8-22-9-7-18/h10,12H,2-9,11H2,1H3/t12-/m0/s1. The van der Waals surface area contributed by atoms with Gasteiger partial charge in [-0.3, -0.25) is 4.79 Å². The molecule has 2 saturated heterocycles. The number of hydrogen-bond acceptors (Lipinski definition) is 6. The van der Waals surface area contributed by atoms with Gasteiger partial charge in [-0.05, 0) is 19.3 Å². The molecule has 0 radical (unpaired) electrons. The van der Waals surface area contributed by atoms with E-state index in [4.69, 9.17) is 4.74 Å². The number of piperidine rings is 1. The number of likely N-dealkylation sites (tertiary alicyclic amines) is 1. The van der Waals surface area contributed by atoms with Crippen LogP contribution in [0.1, 0.15) is 34.4 Å². The van der Waals surface area contributed by atoms with Gasteiger partial charge in [0.15, 0.2) is 0 Å². The summed E-state index contributed by atoms with van der Waals surface area (Å²) in [6, 6.07) is 0. The van der Waals surface area contributed by atoms with E-state index in [2.05, 4.69) is 4.98 Å². The van der Waals surface area contributed by atoms with Gasteiger partial charge in [0, 0.05) is 26.2 Å². The summed E-state index contributed by atoms with van der Waals surface area (Å²) in [5, 5.41) is 0.403. The molecule has 0 unspecified atom stereocenters. The molecule has 0 N–H and O–H groups in total. The molecule has 134 valence electrons. The normalized spacial score (nSPS) is 23.4. The molecule has 2 aliphatic heterocycles. The largest absolute Gasteiger partial charge is 0.379 e. The fourth-order valence-corrected chi connectivity index (χ4v) is 5.84. The van der Waals surface area contributed by atoms with Gasteiger partial charge in [-0.1, -0.05) is 6.92 Å². The van der Waals surface area contributed by atoms with Crippen LogP contribution >= 0.6 is 11.3 Å². The molecule has 9 heteroatoms. The Morgan fingerprint density at radius 1 is 1.38 bits per heavy atom. The maximum atomic E-state index is 12.8. The summed E-state index contributed by atoms with van der Waals surface area (Å²) < 4.78 is 32.4. The molecule has 1 atom stereocenters. The highest BCUT2D eigenvalue weighted by molar-refractivity contribution is 7.89. The van der Waals surface area contributed by atoms with E-state index in [0.717, 1.165) is 11.4 Å². The second-order valence-corrected chi connectivity index (χ2v) is 9.37. The molecule has 0 saturated carbocycles. The number of aryl methyl sites for hydroxylation is 1. The SMILES string of the molecule is CCc1ncc(C(=O)N2CCC[C@H](S(=O)(=O)N3CCOCC3)C2)s1. The Morgan fingerprint density at radius 2 is 2.12 bits per heavy atom. The number of ether oxygens (including phenoxy) is 1. The van der Waals surface area contributed by atoms with Crippen molar-refractivity contribution in [1.82, 2.24) is 14.2 Å². The summed E-state index contributed by atoms with van der Waals surface area (Å²) in [5.74, 6) is -0.103. The van der Waals surface area contributed by atoms with Crippen molar-refractivity contribution < 1.29 is 17.9 Å². The van der Waals surface area contributed by atoms with E-state index in [-0.39, 0.29) is 12.5 Å². The third-order valence-electron chi connectivity index (χ3n) is 4.48. The van der Waals surface area contributed by atoms with E-state index in [1.165, 1.54) is 15.6 Å². The zero-order valence-electron chi connectivity index (χ0n) is 13.8. The van der Waals surface area contributed by atoms with Crippen LogP contribution in [-0.4, -0.2) is 73.2 Å². The van der Waals surface area contributed by atoms with Crippen LogP contribution in [-0.2, 0) is 21.2 Å². The van der Waals surface area contributed by atoms with Crippen LogP contribution in [0.25, 0.3) is 0 Å². The van der Waals surface area contributed by atoms with E-state index in [9.17, 15) is 13.2 Å². The van der Waals surface area contributed by atoms with E-state index in [0.29, 0.717) is 50.6 Å². The van der Waals surface area contributed by atoms with Crippen molar-refractivity contribution in [3.8, 4) is 0 Å². The van der Waals surface area contributed by atoms with Gasteiger partial charge in [0.05, 0.1) is 29.7 Å². The molecule has 1 aromatic heterocycles. The van der Waals surface area contributed by atoms with Crippen molar-refractivity contribution in [1.29, 1.82) is 0 Å². The Labute approximate surface area is 146 Å². The van der Waals surface area contributed by atoms with Crippen LogP contribution in [0.3, 0.4) is 0 Å². The fourth-order valence-electron chi connectivity index (χ4n) is 3.11. The second kappa shape index (κ2) is 7.47. The second-order valence-electron chi connectivity index (χ2n) is 6.04. The molecule has 0 aliphatic carbocycles. The number of rotatable bonds is 4. The van der Waals surface area contributed by atoms with Crippen molar-refractivity contribution in [2.24, 2.45) is 0 Å². The van der Waals surface area contributed by atoms with Crippen molar-refractivity contribution in [3.63, 3.8) is 0 Å². The first-order valence-corrected chi connectivity index (χ1v) is 10.6. The van der Waals surface area contributed by atoms with Crippen LogP contribution in [0.15, 0.2) is 6.20 Å². The Kier molecular flexibility index (Phi) is 5.53. The number of sulfonamides is 1. The lowest BCUT2D eigenvalue weighted by molar-refractivity contribution is 0.0688. The van der Waals surface area contributed by atoms with Crippen molar-refractivity contribution >= 4 is 27.3 Å². The lowest BCUT2D eigenvalue weighted by atomic mass is 10.1. The molecule has 24 heavy (non-hydrogen) atoms. The van der Waals surface area contributed by atoms with E-state index < -0.39 is 15.3 Å². The van der Waals surface area contributed by atoms with Crippen LogP contribution in [0, 0.1) is 0 Å². The zero-order chi connectivity index (χ0) is 17.2. The minimum atomic E-state index is -3.39. The van der Waals surface area contributed by atoms with Gasteiger partial charge in [-0.2, -0.15) is 4.31 Å². The minimum Gasteiger partial charge on any atom is -0.379 e. The van der Waals surface area contributed by atoms with Crippen molar-refractivity contribution in [2.75, 3.05) is 39.4 Å². The molecular formula is C15H23N3O4S2. The van der Waals surface area contributed by atoms with Crippen LogP contribution < -0.4 is 0 Å². The molecular weight excluding hydrogens is 350 g/mol. The molecule has 0 aromatic carbocycles. The summed E-state index contributed by atoms with van der Waals surface area (Å²) in [5.41, 5.74) is 0. The Morgan fingerprint density at radius 3 is 2.79 bits per heavy atom. The summed E-state index contributed by atoms with van der Waals surface area (Å²) in [4.78, 5) is 19.1. The maximum absolute atomic E-state index is 12.8. The van der Waals surface area contributed by atoms with E-state index >= 15 is 0 Å². The van der Waals surface area contributed by atoms with Gasteiger partial charge in [0.2, 0.25) is 10.0 Å². The number of aromatic nitrogens is 1. The number of nitrogens with zero attached hydrogens (tertiary/aromatic N) is 3. The first kappa shape index (κ1) is 17.8. The molecule has 7 nitrogen and oxygen atoms in total. The monoisotopic (exact) mass is 373 g/mol. The van der Waals surface area contributed by atoms with E-state index in [1.54, 1.807) is 11.1 Å². The first-order valence-electron chi connectivity index (χ1n) is 8.33. The van der Waals surface area contributed by atoms with Gasteiger partial charge >= 0.3 is 0 Å². The highest BCUT2D eigenvalue weighted by Gasteiger charge is 2.37. The fraction of sp³-hybridized carbons (Fsp3) is 0.733. The third kappa shape index (κ3) is 3.63. The lowest BCUT2D eigenvalue weighted by Gasteiger charge is -2.36. The van der Waals surface area contributed by atoms with Gasteiger partial charge in [0.1, 0.15) is 4.88 Å². The average Bonchev–Trinajstić information content (AvgIpc) is 3.11. The van der Waals surface area contributed by atoms with Crippen LogP contribution in [0.4, 0.5) is 0 Å². The maximum Gasteiger partial charge on any atom is 0.265 e. The molecule has 2 aliphatic rings. The Balaban J connectivity index is 1.70. The van der Waals surface area contributed by atoms with Gasteiger partial charge in [-0.15, -0.1) is 11.3 Å². The van der Waals surface area contributed by atoms with Crippen molar-refractivity contribution in [2.45, 2.75) is 31.4 Å². The highest BCUT2D eigenvalue weighted by Crippen LogP contribution is 2.24. The quantitative estimate of drug-likeness (QED) is 0.786. The van der Waals surface area contributed by atoms with Gasteiger partial charge < -0.3 is 9.64 Å². The van der Waals surface area contributed by atoms with E-state index in [1.807, 2.05) is 6.92 Å². The molecule has 0 bridgehead atoms. The molecule has 1 amide bonds. The number of thiazole rings is 1. The van der Waals surface area contributed by atoms with Crippen molar-refractivity contribution in [3.05, 3.63) is 16.1 Å². The zero-order valence-corrected chi connectivity index (χ0v) is 15.4. The Hall–Kier alpha value is -1.03. The molecule has 2 fully saturated rings. The molecule has 0 spiro atoms. The topological polar surface area (TPSA) is 79.8 Å². The molecule has 1 aromatic rings. The van der Waals surface area contributed by atoms with Gasteiger partial charge in [0.25, 0.3) is 5.91 Å². The summed E-state index contributed by atoms with van der Waals surface area (Å²) >= 11 is 1.39. The summed E-state index contributed by atoms with van der Waals surface area (Å²) in [6.07, 6.45) is 3.71. The van der Waals surface area contributed by atoms with Crippen LogP contribution in [0.2, 0.25) is 0 Å². The summed E-state index contributed by atoms with van der Waals surface area (Å²) in [6.45, 7) is 4.55. The molecule has 3 heterocycles. The number of hydrogen-bond donors (Lipinski definition) is 0. The predicted octanol–water partition coefficient (Wildman–Crippen LogP) is 0.972. The lowest BCUT2D eigenvalue weighted by Crippen LogP contribution is -2.51. The average molecular weight is 374 g/mol. The van der Waals surface area contributed by atoms with Crippen LogP contribution in [0.5, 0.6) is 0 Å². The predicted molar refractivity (Wildman–Crippen MR) is 91.7 cm³/mol. The first-order chi connectivity index (χ1) is 11.5. The minimum absolute atomic E-state index is 0.103. The highest BCUT2D eigenvalue weighted by atomic mass is 32.2. The Bertz CT molecular complexity index is 683. The molecule has 3 rings (SSSR count). The number of carbonyl (C=O) groups is 1. The number of morpholine rings is 1. The summed E-state index contributed by atoms with van der Waals surface area (Å²) in [7, 11) is -3.39. The smallest absolute Gasteiger partial charge is 0.265 e. The third-order valence-corrected chi connectivity index (χ3v) is 7.93. The number of amides is 1.